The van der Waals surface area contributed by atoms with Crippen LogP contribution in [0.15, 0.2) is 18.6 Å². The number of hydrogen-bond donors (Lipinski definition) is 2. The van der Waals surface area contributed by atoms with Crippen LogP contribution in [0, 0.1) is 5.92 Å². The summed E-state index contributed by atoms with van der Waals surface area (Å²) in [6.07, 6.45) is 3.10. The highest BCUT2D eigenvalue weighted by molar-refractivity contribution is 5.87. The molecule has 8 nitrogen and oxygen atoms in total. The fraction of sp³-hybridized carbons (Fsp3) is 0.562. The van der Waals surface area contributed by atoms with E-state index in [0.717, 1.165) is 16.9 Å². The van der Waals surface area contributed by atoms with Gasteiger partial charge in [-0.3, -0.25) is 4.79 Å². The van der Waals surface area contributed by atoms with Gasteiger partial charge in [0.2, 0.25) is 0 Å². The van der Waals surface area contributed by atoms with E-state index in [4.69, 9.17) is 9.47 Å². The molecule has 1 aliphatic heterocycles. The third kappa shape index (κ3) is 2.17. The maximum atomic E-state index is 11.7. The quantitative estimate of drug-likeness (QED) is 0.881. The molecule has 8 heteroatoms. The third-order valence-electron chi connectivity index (χ3n) is 4.86. The standard InChI is InChI=1S/C16H20N4O4/c1-16(2)23-11-9(15(21)22)6-10(12(11)24-16)20-5-4-8-13(17-3)18-7-19-14(8)20/h4-5,7,9-12H,6H2,1-3H3,(H,21,22)(H,17,18,19)/t9-,10+,11+,12-/m0/s1. The Hall–Kier alpha value is -2.19. The molecule has 4 rings (SSSR count). The smallest absolute Gasteiger partial charge is 0.309 e. The number of carboxylic acids is 1. The summed E-state index contributed by atoms with van der Waals surface area (Å²) in [5, 5.41) is 13.5. The topological polar surface area (TPSA) is 98.5 Å². The molecular weight excluding hydrogens is 312 g/mol. The summed E-state index contributed by atoms with van der Waals surface area (Å²) in [5.74, 6) is -1.48. The van der Waals surface area contributed by atoms with Gasteiger partial charge in [0.05, 0.1) is 17.3 Å². The van der Waals surface area contributed by atoms with E-state index in [1.54, 1.807) is 0 Å². The predicted octanol–water partition coefficient (Wildman–Crippen LogP) is 1.64. The Balaban J connectivity index is 1.78. The number of carboxylic acid groups (broad SMARTS) is 1. The zero-order valence-electron chi connectivity index (χ0n) is 13.8. The number of rotatable bonds is 3. The van der Waals surface area contributed by atoms with E-state index in [1.165, 1.54) is 6.33 Å². The van der Waals surface area contributed by atoms with Crippen molar-refractivity contribution in [1.82, 2.24) is 14.5 Å². The van der Waals surface area contributed by atoms with Gasteiger partial charge in [-0.25, -0.2) is 9.97 Å². The van der Waals surface area contributed by atoms with Crippen LogP contribution in [0.3, 0.4) is 0 Å². The molecule has 1 saturated carbocycles. The largest absolute Gasteiger partial charge is 0.481 e. The van der Waals surface area contributed by atoms with Crippen molar-refractivity contribution in [2.45, 2.75) is 44.3 Å². The van der Waals surface area contributed by atoms with Crippen LogP contribution < -0.4 is 5.32 Å². The number of fused-ring (bicyclic) bond motifs is 2. The monoisotopic (exact) mass is 332 g/mol. The molecule has 0 bridgehead atoms. The molecule has 1 aliphatic carbocycles. The normalized spacial score (nSPS) is 31.3. The van der Waals surface area contributed by atoms with Gasteiger partial charge in [-0.2, -0.15) is 0 Å². The lowest BCUT2D eigenvalue weighted by atomic mass is 10.1. The van der Waals surface area contributed by atoms with E-state index in [-0.39, 0.29) is 12.1 Å². The lowest BCUT2D eigenvalue weighted by Gasteiger charge is -2.23. The van der Waals surface area contributed by atoms with Crippen LogP contribution in [0.25, 0.3) is 11.0 Å². The SMILES string of the molecule is CNc1ncnc2c1ccn2[C@@H]1C[C@H](C(=O)O)[C@H]2OC(C)(C)O[C@H]21. The second-order valence-electron chi connectivity index (χ2n) is 6.75. The van der Waals surface area contributed by atoms with Crippen LogP contribution in [0.4, 0.5) is 5.82 Å². The second kappa shape index (κ2) is 5.15. The second-order valence-corrected chi connectivity index (χ2v) is 6.75. The zero-order valence-corrected chi connectivity index (χ0v) is 13.8. The van der Waals surface area contributed by atoms with Crippen molar-refractivity contribution >= 4 is 22.8 Å². The van der Waals surface area contributed by atoms with Crippen LogP contribution in [-0.2, 0) is 14.3 Å². The number of nitrogens with zero attached hydrogens (tertiary/aromatic N) is 3. The number of hydrogen-bond acceptors (Lipinski definition) is 6. The predicted molar refractivity (Wildman–Crippen MR) is 85.7 cm³/mol. The van der Waals surface area contributed by atoms with Crippen LogP contribution in [0.5, 0.6) is 0 Å². The molecule has 1 saturated heterocycles. The summed E-state index contributed by atoms with van der Waals surface area (Å²) in [4.78, 5) is 20.2. The molecule has 0 unspecified atom stereocenters. The van der Waals surface area contributed by atoms with Crippen molar-refractivity contribution in [3.05, 3.63) is 18.6 Å². The van der Waals surface area contributed by atoms with Gasteiger partial charge in [0.15, 0.2) is 5.79 Å². The summed E-state index contributed by atoms with van der Waals surface area (Å²) in [5.41, 5.74) is 0.762. The lowest BCUT2D eigenvalue weighted by Crippen LogP contribution is -2.30. The number of aromatic nitrogens is 3. The van der Waals surface area contributed by atoms with Crippen molar-refractivity contribution < 1.29 is 19.4 Å². The Bertz CT molecular complexity index is 802. The Morgan fingerprint density at radius 3 is 2.83 bits per heavy atom. The molecule has 128 valence electrons. The molecular formula is C16H20N4O4. The van der Waals surface area contributed by atoms with Crippen molar-refractivity contribution in [2.75, 3.05) is 12.4 Å². The number of anilines is 1. The fourth-order valence-electron chi connectivity index (χ4n) is 3.91. The van der Waals surface area contributed by atoms with Crippen molar-refractivity contribution in [3.63, 3.8) is 0 Å². The Morgan fingerprint density at radius 1 is 1.38 bits per heavy atom. The van der Waals surface area contributed by atoms with Gasteiger partial charge in [-0.05, 0) is 26.3 Å². The Morgan fingerprint density at radius 2 is 2.12 bits per heavy atom. The van der Waals surface area contributed by atoms with Gasteiger partial charge in [0.25, 0.3) is 0 Å². The molecule has 0 spiro atoms. The van der Waals surface area contributed by atoms with Gasteiger partial charge in [-0.1, -0.05) is 0 Å². The van der Waals surface area contributed by atoms with Gasteiger partial charge in [0, 0.05) is 13.2 Å². The molecule has 0 radical (unpaired) electrons. The van der Waals surface area contributed by atoms with E-state index in [1.807, 2.05) is 37.7 Å². The molecule has 4 atom stereocenters. The van der Waals surface area contributed by atoms with E-state index in [2.05, 4.69) is 15.3 Å². The van der Waals surface area contributed by atoms with Crippen molar-refractivity contribution in [1.29, 1.82) is 0 Å². The first-order valence-electron chi connectivity index (χ1n) is 7.99. The van der Waals surface area contributed by atoms with Gasteiger partial charge in [-0.15, -0.1) is 0 Å². The lowest BCUT2D eigenvalue weighted by molar-refractivity contribution is -0.167. The third-order valence-corrected chi connectivity index (χ3v) is 4.86. The molecule has 2 aliphatic rings. The molecule has 2 N–H and O–H groups in total. The molecule has 0 amide bonds. The molecule has 3 heterocycles. The van der Waals surface area contributed by atoms with Crippen LogP contribution in [0.1, 0.15) is 26.3 Å². The summed E-state index contributed by atoms with van der Waals surface area (Å²) in [6, 6.07) is 1.79. The van der Waals surface area contributed by atoms with Crippen LogP contribution >= 0.6 is 0 Å². The number of carbonyl (C=O) groups is 1. The first-order chi connectivity index (χ1) is 11.4. The number of ether oxygens (including phenoxy) is 2. The van der Waals surface area contributed by atoms with E-state index in [0.29, 0.717) is 6.42 Å². The van der Waals surface area contributed by atoms with E-state index >= 15 is 0 Å². The highest BCUT2D eigenvalue weighted by Gasteiger charge is 2.57. The summed E-state index contributed by atoms with van der Waals surface area (Å²) in [6.45, 7) is 3.63. The van der Waals surface area contributed by atoms with Gasteiger partial charge >= 0.3 is 5.97 Å². The molecule has 24 heavy (non-hydrogen) atoms. The van der Waals surface area contributed by atoms with Crippen LogP contribution in [-0.4, -0.2) is 50.7 Å². The minimum Gasteiger partial charge on any atom is -0.481 e. The summed E-state index contributed by atoms with van der Waals surface area (Å²) in [7, 11) is 1.81. The molecule has 2 fully saturated rings. The Labute approximate surface area is 138 Å². The average Bonchev–Trinajstić information content (AvgIpc) is 3.16. The average molecular weight is 332 g/mol. The highest BCUT2D eigenvalue weighted by atomic mass is 16.8. The van der Waals surface area contributed by atoms with E-state index < -0.39 is 23.8 Å². The number of aliphatic carboxylic acids is 1. The zero-order chi connectivity index (χ0) is 17.1. The number of nitrogens with one attached hydrogen (secondary N) is 1. The van der Waals surface area contributed by atoms with Gasteiger partial charge < -0.3 is 24.5 Å². The first kappa shape index (κ1) is 15.3. The maximum Gasteiger partial charge on any atom is 0.309 e. The highest BCUT2D eigenvalue weighted by Crippen LogP contribution is 2.47. The summed E-state index contributed by atoms with van der Waals surface area (Å²) < 4.78 is 13.9. The minimum atomic E-state index is -0.851. The van der Waals surface area contributed by atoms with Crippen LogP contribution in [0.2, 0.25) is 0 Å². The minimum absolute atomic E-state index is 0.144. The molecule has 2 aromatic rings. The van der Waals surface area contributed by atoms with Crippen molar-refractivity contribution in [2.24, 2.45) is 5.92 Å². The first-order valence-corrected chi connectivity index (χ1v) is 7.99. The Kier molecular flexibility index (Phi) is 3.29. The van der Waals surface area contributed by atoms with Crippen molar-refractivity contribution in [3.8, 4) is 0 Å². The molecule has 0 aromatic carbocycles. The fourth-order valence-corrected chi connectivity index (χ4v) is 3.91. The van der Waals surface area contributed by atoms with Gasteiger partial charge in [0.1, 0.15) is 30.0 Å². The molecule has 2 aromatic heterocycles. The summed E-state index contributed by atoms with van der Waals surface area (Å²) >= 11 is 0. The van der Waals surface area contributed by atoms with E-state index in [9.17, 15) is 9.90 Å². The maximum absolute atomic E-state index is 11.7.